The van der Waals surface area contributed by atoms with Gasteiger partial charge < -0.3 is 4.74 Å². The van der Waals surface area contributed by atoms with Gasteiger partial charge in [-0.05, 0) is 62.8 Å². The summed E-state index contributed by atoms with van der Waals surface area (Å²) >= 11 is 0. The first-order chi connectivity index (χ1) is 13.3. The van der Waals surface area contributed by atoms with Crippen molar-refractivity contribution in [3.8, 4) is 0 Å². The number of ether oxygens (including phenoxy) is 1. The zero-order valence-corrected chi connectivity index (χ0v) is 16.7. The minimum Gasteiger partial charge on any atom is -0.451 e. The van der Waals surface area contributed by atoms with Gasteiger partial charge in [0.25, 0.3) is 0 Å². The van der Waals surface area contributed by atoms with E-state index in [2.05, 4.69) is 4.98 Å². The highest BCUT2D eigenvalue weighted by Crippen LogP contribution is 2.58. The molecule has 0 spiro atoms. The summed E-state index contributed by atoms with van der Waals surface area (Å²) < 4.78 is 34.3. The van der Waals surface area contributed by atoms with E-state index in [1.54, 1.807) is 28.8 Å². The van der Waals surface area contributed by atoms with E-state index < -0.39 is 27.1 Å². The standard InChI is InChI=1S/C21H22N2O4S/c1-20(2)18-6-5-16(12-17(18)19(24)27-20)28(25,26)23-11-8-14-7-9-21(14,23)15-4-3-10-22-13-15/h3-6,10,12-14H,7-9,11H2,1-2H3/t14-,21-/m0/s1. The van der Waals surface area contributed by atoms with Gasteiger partial charge in [0.2, 0.25) is 10.0 Å². The van der Waals surface area contributed by atoms with E-state index in [9.17, 15) is 13.2 Å². The van der Waals surface area contributed by atoms with Gasteiger partial charge in [0.1, 0.15) is 5.60 Å². The largest absolute Gasteiger partial charge is 0.451 e. The van der Waals surface area contributed by atoms with Crippen molar-refractivity contribution in [1.82, 2.24) is 9.29 Å². The second-order valence-electron chi connectivity index (χ2n) is 8.37. The molecule has 3 heterocycles. The van der Waals surface area contributed by atoms with Crippen LogP contribution in [0.25, 0.3) is 0 Å². The van der Waals surface area contributed by atoms with Gasteiger partial charge in [0, 0.05) is 24.5 Å². The number of fused-ring (bicyclic) bond motifs is 2. The first-order valence-corrected chi connectivity index (χ1v) is 11.0. The summed E-state index contributed by atoms with van der Waals surface area (Å²) in [5.74, 6) is -0.160. The third kappa shape index (κ3) is 2.20. The molecule has 1 saturated heterocycles. The Kier molecular flexibility index (Phi) is 3.59. The summed E-state index contributed by atoms with van der Waals surface area (Å²) in [6.07, 6.45) is 6.14. The van der Waals surface area contributed by atoms with Crippen molar-refractivity contribution in [2.24, 2.45) is 5.92 Å². The highest BCUT2D eigenvalue weighted by molar-refractivity contribution is 7.89. The van der Waals surface area contributed by atoms with Crippen LogP contribution < -0.4 is 0 Å². The molecule has 0 unspecified atom stereocenters. The number of hydrogen-bond donors (Lipinski definition) is 0. The maximum absolute atomic E-state index is 13.6. The van der Waals surface area contributed by atoms with Crippen LogP contribution in [-0.4, -0.2) is 30.2 Å². The molecule has 0 bridgehead atoms. The molecular weight excluding hydrogens is 376 g/mol. The predicted molar refractivity (Wildman–Crippen MR) is 102 cm³/mol. The van der Waals surface area contributed by atoms with Crippen LogP contribution >= 0.6 is 0 Å². The molecule has 146 valence electrons. The summed E-state index contributed by atoms with van der Waals surface area (Å²) in [6, 6.07) is 8.61. The Morgan fingerprint density at radius 2 is 2.04 bits per heavy atom. The van der Waals surface area contributed by atoms with Gasteiger partial charge in [-0.25, -0.2) is 13.2 Å². The Bertz CT molecular complexity index is 1080. The average Bonchev–Trinajstić information content (AvgIpc) is 3.05. The van der Waals surface area contributed by atoms with Gasteiger partial charge in [0.05, 0.1) is 16.0 Å². The maximum atomic E-state index is 13.6. The number of hydrogen-bond acceptors (Lipinski definition) is 5. The van der Waals surface area contributed by atoms with Crippen molar-refractivity contribution in [1.29, 1.82) is 0 Å². The molecule has 5 rings (SSSR count). The predicted octanol–water partition coefficient (Wildman–Crippen LogP) is 3.19. The number of sulfonamides is 1. The number of aromatic nitrogens is 1. The topological polar surface area (TPSA) is 76.6 Å². The third-order valence-corrected chi connectivity index (χ3v) is 8.57. The second-order valence-corrected chi connectivity index (χ2v) is 10.2. The van der Waals surface area contributed by atoms with Crippen molar-refractivity contribution < 1.29 is 17.9 Å². The quantitative estimate of drug-likeness (QED) is 0.742. The Morgan fingerprint density at radius 1 is 1.21 bits per heavy atom. The number of benzene rings is 1. The maximum Gasteiger partial charge on any atom is 0.339 e. The van der Waals surface area contributed by atoms with Gasteiger partial charge >= 0.3 is 5.97 Å². The molecule has 0 N–H and O–H groups in total. The molecule has 6 nitrogen and oxygen atoms in total. The number of rotatable bonds is 3. The number of cyclic esters (lactones) is 1. The highest BCUT2D eigenvalue weighted by atomic mass is 32.2. The molecule has 0 radical (unpaired) electrons. The number of pyridine rings is 1. The normalized spacial score (nSPS) is 28.4. The molecule has 1 aromatic carbocycles. The van der Waals surface area contributed by atoms with E-state index in [-0.39, 0.29) is 4.90 Å². The monoisotopic (exact) mass is 398 g/mol. The van der Waals surface area contributed by atoms with E-state index in [1.165, 1.54) is 6.07 Å². The summed E-state index contributed by atoms with van der Waals surface area (Å²) in [4.78, 5) is 16.6. The van der Waals surface area contributed by atoms with E-state index in [0.29, 0.717) is 18.0 Å². The lowest BCUT2D eigenvalue weighted by atomic mass is 9.64. The Labute approximate surface area is 164 Å². The van der Waals surface area contributed by atoms with Crippen molar-refractivity contribution >= 4 is 16.0 Å². The Morgan fingerprint density at radius 3 is 2.71 bits per heavy atom. The van der Waals surface area contributed by atoms with E-state index in [0.717, 1.165) is 30.4 Å². The average molecular weight is 398 g/mol. The smallest absolute Gasteiger partial charge is 0.339 e. The highest BCUT2D eigenvalue weighted by Gasteiger charge is 2.60. The lowest BCUT2D eigenvalue weighted by Gasteiger charge is -2.49. The van der Waals surface area contributed by atoms with Gasteiger partial charge in [-0.2, -0.15) is 4.31 Å². The fourth-order valence-electron chi connectivity index (χ4n) is 5.13. The van der Waals surface area contributed by atoms with E-state index in [1.807, 2.05) is 26.0 Å². The van der Waals surface area contributed by atoms with Crippen LogP contribution in [0.3, 0.4) is 0 Å². The zero-order valence-electron chi connectivity index (χ0n) is 15.9. The molecule has 1 saturated carbocycles. The van der Waals surface area contributed by atoms with Crippen LogP contribution in [0.1, 0.15) is 54.6 Å². The molecule has 2 aromatic rings. The van der Waals surface area contributed by atoms with Crippen molar-refractivity contribution in [2.75, 3.05) is 6.54 Å². The minimum absolute atomic E-state index is 0.150. The number of carbonyl (C=O) groups is 1. The molecule has 2 atom stereocenters. The lowest BCUT2D eigenvalue weighted by Crippen LogP contribution is -2.53. The summed E-state index contributed by atoms with van der Waals surface area (Å²) in [6.45, 7) is 4.10. The minimum atomic E-state index is -3.76. The second kappa shape index (κ2) is 5.64. The molecule has 1 aromatic heterocycles. The van der Waals surface area contributed by atoms with Crippen LogP contribution in [0.15, 0.2) is 47.6 Å². The van der Waals surface area contributed by atoms with Crippen LogP contribution in [-0.2, 0) is 25.9 Å². The van der Waals surface area contributed by atoms with Crippen LogP contribution in [0.4, 0.5) is 0 Å². The van der Waals surface area contributed by atoms with E-state index >= 15 is 0 Å². The van der Waals surface area contributed by atoms with Crippen molar-refractivity contribution in [3.63, 3.8) is 0 Å². The zero-order chi connectivity index (χ0) is 19.7. The van der Waals surface area contributed by atoms with Crippen LogP contribution in [0.5, 0.6) is 0 Å². The number of carbonyl (C=O) groups excluding carboxylic acids is 1. The number of esters is 1. The summed E-state index contributed by atoms with van der Waals surface area (Å²) in [5, 5.41) is 0. The van der Waals surface area contributed by atoms with Gasteiger partial charge in [-0.1, -0.05) is 12.1 Å². The SMILES string of the molecule is CC1(C)OC(=O)c2cc(S(=O)(=O)N3CC[C@@H]4CC[C@@]43c3cccnc3)ccc21. The van der Waals surface area contributed by atoms with E-state index in [4.69, 9.17) is 4.74 Å². The van der Waals surface area contributed by atoms with Gasteiger partial charge in [-0.15, -0.1) is 0 Å². The molecular formula is C21H22N2O4S. The molecule has 2 aliphatic heterocycles. The summed E-state index contributed by atoms with van der Waals surface area (Å²) in [7, 11) is -3.76. The van der Waals surface area contributed by atoms with Crippen molar-refractivity contribution in [2.45, 2.75) is 49.1 Å². The van der Waals surface area contributed by atoms with Crippen molar-refractivity contribution in [3.05, 3.63) is 59.4 Å². The van der Waals surface area contributed by atoms with Gasteiger partial charge in [-0.3, -0.25) is 4.98 Å². The van der Waals surface area contributed by atoms with Crippen LogP contribution in [0.2, 0.25) is 0 Å². The molecule has 2 fully saturated rings. The first-order valence-electron chi connectivity index (χ1n) is 9.58. The fraction of sp³-hybridized carbons (Fsp3) is 0.429. The molecule has 1 aliphatic carbocycles. The molecule has 3 aliphatic rings. The Hall–Kier alpha value is -2.25. The summed E-state index contributed by atoms with van der Waals surface area (Å²) in [5.41, 5.74) is 0.755. The lowest BCUT2D eigenvalue weighted by molar-refractivity contribution is 0.00954. The fourth-order valence-corrected chi connectivity index (χ4v) is 7.01. The molecule has 7 heteroatoms. The molecule has 0 amide bonds. The third-order valence-electron chi connectivity index (χ3n) is 6.63. The number of nitrogens with zero attached hydrogens (tertiary/aromatic N) is 2. The molecule has 28 heavy (non-hydrogen) atoms. The first kappa shape index (κ1) is 17.8. The Balaban J connectivity index is 1.60. The van der Waals surface area contributed by atoms with Gasteiger partial charge in [0.15, 0.2) is 0 Å². The van der Waals surface area contributed by atoms with Crippen LogP contribution in [0, 0.1) is 5.92 Å².